The summed E-state index contributed by atoms with van der Waals surface area (Å²) >= 11 is 12.5. The minimum Gasteiger partial charge on any atom is -0.301 e. The molecular formula is C18H17Cl2F3N2O2S. The van der Waals surface area contributed by atoms with Crippen LogP contribution in [0.1, 0.15) is 33.4 Å². The Labute approximate surface area is 171 Å². The molecule has 152 valence electrons. The maximum atomic E-state index is 13.2. The number of rotatable bonds is 3. The van der Waals surface area contributed by atoms with Crippen molar-refractivity contribution in [3.8, 4) is 0 Å². The van der Waals surface area contributed by atoms with Crippen molar-refractivity contribution in [2.24, 2.45) is 5.14 Å². The smallest absolute Gasteiger partial charge is 0.301 e. The fraction of sp³-hybridized carbons (Fsp3) is 0.333. The molecule has 2 atom stereocenters. The predicted octanol–water partition coefficient (Wildman–Crippen LogP) is 4.46. The molecule has 0 spiro atoms. The summed E-state index contributed by atoms with van der Waals surface area (Å²) in [5, 5.41) is 3.05. The van der Waals surface area contributed by atoms with Gasteiger partial charge < -0.3 is 4.90 Å². The molecule has 2 aromatic carbocycles. The van der Waals surface area contributed by atoms with Crippen molar-refractivity contribution >= 4 is 33.2 Å². The molecule has 0 aromatic heterocycles. The van der Waals surface area contributed by atoms with Crippen molar-refractivity contribution in [2.75, 3.05) is 13.6 Å². The van der Waals surface area contributed by atoms with Crippen LogP contribution in [0, 0.1) is 0 Å². The number of hydrogen-bond donors (Lipinski definition) is 1. The molecule has 4 nitrogen and oxygen atoms in total. The minimum atomic E-state index is -5.01. The fourth-order valence-corrected chi connectivity index (χ4v) is 5.08. The molecule has 1 aliphatic rings. The zero-order chi connectivity index (χ0) is 20.9. The number of nitrogens with two attached hydrogens (primary N) is 1. The molecule has 0 radical (unpaired) electrons. The molecule has 1 aliphatic heterocycles. The van der Waals surface area contributed by atoms with Gasteiger partial charge in [-0.3, -0.25) is 0 Å². The van der Waals surface area contributed by atoms with Crippen LogP contribution >= 0.6 is 23.2 Å². The molecule has 2 N–H and O–H groups in total. The molecule has 10 heteroatoms. The highest BCUT2D eigenvalue weighted by molar-refractivity contribution is 7.89. The Morgan fingerprint density at radius 1 is 1.18 bits per heavy atom. The van der Waals surface area contributed by atoms with E-state index in [9.17, 15) is 21.6 Å². The van der Waals surface area contributed by atoms with E-state index in [1.807, 2.05) is 11.9 Å². The van der Waals surface area contributed by atoms with Gasteiger partial charge >= 0.3 is 6.18 Å². The zero-order valence-electron chi connectivity index (χ0n) is 14.7. The van der Waals surface area contributed by atoms with Gasteiger partial charge in [-0.15, -0.1) is 0 Å². The van der Waals surface area contributed by atoms with Crippen molar-refractivity contribution in [2.45, 2.75) is 23.9 Å². The summed E-state index contributed by atoms with van der Waals surface area (Å²) in [6.07, 6.45) is -5.01. The van der Waals surface area contributed by atoms with E-state index in [2.05, 4.69) is 0 Å². The third-order valence-electron chi connectivity index (χ3n) is 4.76. The van der Waals surface area contributed by atoms with Gasteiger partial charge in [-0.1, -0.05) is 47.5 Å². The van der Waals surface area contributed by atoms with Gasteiger partial charge in [0.1, 0.15) is 0 Å². The number of sulfonamides is 1. The van der Waals surface area contributed by atoms with Gasteiger partial charge in [-0.2, -0.15) is 13.2 Å². The van der Waals surface area contributed by atoms with Gasteiger partial charge in [0, 0.05) is 29.1 Å². The second kappa shape index (κ2) is 7.50. The number of benzene rings is 2. The maximum absolute atomic E-state index is 13.2. The average Bonchev–Trinajstić information content (AvgIpc) is 2.53. The van der Waals surface area contributed by atoms with Crippen molar-refractivity contribution < 1.29 is 21.6 Å². The average molecular weight is 453 g/mol. The third-order valence-corrected chi connectivity index (χ3v) is 6.51. The Hall–Kier alpha value is -1.32. The molecular weight excluding hydrogens is 436 g/mol. The van der Waals surface area contributed by atoms with Crippen LogP contribution in [0.5, 0.6) is 0 Å². The van der Waals surface area contributed by atoms with Crippen LogP contribution in [0.15, 0.2) is 36.4 Å². The number of fused-ring (bicyclic) bond motifs is 1. The van der Waals surface area contributed by atoms with Crippen LogP contribution < -0.4 is 5.14 Å². The first-order chi connectivity index (χ1) is 12.9. The van der Waals surface area contributed by atoms with Gasteiger partial charge in [0.2, 0.25) is 10.0 Å². The number of nitrogens with zero attached hydrogens (tertiary/aromatic N) is 1. The molecule has 1 heterocycles. The summed E-state index contributed by atoms with van der Waals surface area (Å²) < 4.78 is 62.5. The SMILES string of the molecule is CN1Cc2c(Cl)cc(Cl)cc2C(c2ccc(C(C(F)(F)F)S(N)(=O)=O)cc2)C1. The highest BCUT2D eigenvalue weighted by Crippen LogP contribution is 2.41. The Balaban J connectivity index is 2.04. The topological polar surface area (TPSA) is 63.4 Å². The van der Waals surface area contributed by atoms with Crippen LogP contribution in [-0.4, -0.2) is 33.1 Å². The normalized spacial score (nSPS) is 19.3. The first kappa shape index (κ1) is 21.4. The second-order valence-electron chi connectivity index (χ2n) is 6.88. The molecule has 0 aliphatic carbocycles. The molecule has 0 fully saturated rings. The third kappa shape index (κ3) is 4.31. The Morgan fingerprint density at radius 3 is 2.32 bits per heavy atom. The fourth-order valence-electron chi connectivity index (χ4n) is 3.60. The van der Waals surface area contributed by atoms with Crippen LogP contribution in [0.4, 0.5) is 13.2 Å². The quantitative estimate of drug-likeness (QED) is 0.747. The Kier molecular flexibility index (Phi) is 5.73. The molecule has 3 rings (SSSR count). The summed E-state index contributed by atoms with van der Waals surface area (Å²) in [4.78, 5) is 2.05. The van der Waals surface area contributed by atoms with Crippen molar-refractivity contribution in [1.29, 1.82) is 0 Å². The maximum Gasteiger partial charge on any atom is 0.410 e. The van der Waals surface area contributed by atoms with Crippen molar-refractivity contribution in [1.82, 2.24) is 4.90 Å². The summed E-state index contributed by atoms with van der Waals surface area (Å²) in [6, 6.07) is 8.73. The highest BCUT2D eigenvalue weighted by atomic mass is 35.5. The minimum absolute atomic E-state index is 0.169. The molecule has 0 bridgehead atoms. The first-order valence-electron chi connectivity index (χ1n) is 8.22. The molecule has 0 saturated carbocycles. The number of likely N-dealkylation sites (N-methyl/N-ethyl adjacent to an activating group) is 1. The number of primary sulfonamides is 1. The summed E-state index contributed by atoms with van der Waals surface area (Å²) in [7, 11) is -2.94. The first-order valence-corrected chi connectivity index (χ1v) is 10.6. The lowest BCUT2D eigenvalue weighted by Crippen LogP contribution is -2.33. The molecule has 0 saturated heterocycles. The molecule has 28 heavy (non-hydrogen) atoms. The van der Waals surface area contributed by atoms with E-state index in [1.165, 1.54) is 12.1 Å². The number of hydrogen-bond acceptors (Lipinski definition) is 3. The lowest BCUT2D eigenvalue weighted by atomic mass is 9.84. The van der Waals surface area contributed by atoms with Gasteiger partial charge in [0.05, 0.1) is 0 Å². The van der Waals surface area contributed by atoms with E-state index >= 15 is 0 Å². The Morgan fingerprint density at radius 2 is 1.79 bits per heavy atom. The van der Waals surface area contributed by atoms with E-state index in [-0.39, 0.29) is 5.92 Å². The lowest BCUT2D eigenvalue weighted by Gasteiger charge is -2.33. The van der Waals surface area contributed by atoms with Crippen molar-refractivity contribution in [3.63, 3.8) is 0 Å². The standard InChI is InChI=1S/C18H17Cl2F3N2O2S/c1-25-8-14(13-6-12(19)7-16(20)15(13)9-25)10-2-4-11(5-3-10)17(18(21,22)23)28(24,26)27/h2-7,14,17H,8-9H2,1H3,(H2,24,26,27). The molecule has 2 aromatic rings. The number of halogens is 5. The second-order valence-corrected chi connectivity index (χ2v) is 9.38. The zero-order valence-corrected chi connectivity index (χ0v) is 17.0. The van der Waals surface area contributed by atoms with Gasteiger partial charge in [0.15, 0.2) is 5.25 Å². The van der Waals surface area contributed by atoms with Gasteiger partial charge in [-0.05, 0) is 41.4 Å². The highest BCUT2D eigenvalue weighted by Gasteiger charge is 2.48. The largest absolute Gasteiger partial charge is 0.410 e. The lowest BCUT2D eigenvalue weighted by molar-refractivity contribution is -0.131. The van der Waals surface area contributed by atoms with E-state index in [4.69, 9.17) is 28.3 Å². The summed E-state index contributed by atoms with van der Waals surface area (Å²) in [6.45, 7) is 1.24. The van der Waals surface area contributed by atoms with E-state index in [0.29, 0.717) is 23.1 Å². The van der Waals surface area contributed by atoms with Crippen molar-refractivity contribution in [3.05, 3.63) is 68.7 Å². The molecule has 0 amide bonds. The van der Waals surface area contributed by atoms with Crippen LogP contribution in [0.25, 0.3) is 0 Å². The molecule has 2 unspecified atom stereocenters. The van der Waals surface area contributed by atoms with E-state index in [1.54, 1.807) is 12.1 Å². The van der Waals surface area contributed by atoms with Crippen LogP contribution in [0.3, 0.4) is 0 Å². The van der Waals surface area contributed by atoms with E-state index < -0.39 is 27.0 Å². The monoisotopic (exact) mass is 452 g/mol. The summed E-state index contributed by atoms with van der Waals surface area (Å²) in [5.41, 5.74) is 2.12. The van der Waals surface area contributed by atoms with Crippen LogP contribution in [0.2, 0.25) is 10.0 Å². The predicted molar refractivity (Wildman–Crippen MR) is 103 cm³/mol. The van der Waals surface area contributed by atoms with Gasteiger partial charge in [0.25, 0.3) is 0 Å². The van der Waals surface area contributed by atoms with E-state index in [0.717, 1.165) is 28.8 Å². The Bertz CT molecular complexity index is 995. The van der Waals surface area contributed by atoms with Crippen LogP contribution in [-0.2, 0) is 16.6 Å². The number of alkyl halides is 3. The van der Waals surface area contributed by atoms with Gasteiger partial charge in [-0.25, -0.2) is 13.6 Å². The summed E-state index contributed by atoms with van der Waals surface area (Å²) in [5.74, 6) is -0.169.